The lowest BCUT2D eigenvalue weighted by atomic mass is 9.94. The molecule has 2 saturated heterocycles. The van der Waals surface area contributed by atoms with Gasteiger partial charge in [-0.3, -0.25) is 9.80 Å². The lowest BCUT2D eigenvalue weighted by Gasteiger charge is -2.24. The molecule has 0 aromatic carbocycles. The molecular formula is C26H34N2O2S. The van der Waals surface area contributed by atoms with Crippen molar-refractivity contribution in [3.05, 3.63) is 69.5 Å². The van der Waals surface area contributed by atoms with Crippen molar-refractivity contribution in [2.45, 2.75) is 37.9 Å². The number of likely N-dealkylation sites (tertiary alicyclic amines) is 2. The summed E-state index contributed by atoms with van der Waals surface area (Å²) in [6, 6.07) is 4.02. The van der Waals surface area contributed by atoms with E-state index in [-0.39, 0.29) is 11.8 Å². The van der Waals surface area contributed by atoms with E-state index in [1.54, 1.807) is 11.3 Å². The van der Waals surface area contributed by atoms with Crippen molar-refractivity contribution >= 4 is 11.3 Å². The van der Waals surface area contributed by atoms with Crippen LogP contribution < -0.4 is 0 Å². The van der Waals surface area contributed by atoms with Gasteiger partial charge in [0.25, 0.3) is 0 Å². The lowest BCUT2D eigenvalue weighted by molar-refractivity contribution is 0.146. The second-order valence-corrected chi connectivity index (χ2v) is 10.5. The molecule has 3 heterocycles. The molecule has 0 bridgehead atoms. The predicted octanol–water partition coefficient (Wildman–Crippen LogP) is 4.23. The zero-order valence-corrected chi connectivity index (χ0v) is 19.0. The van der Waals surface area contributed by atoms with Gasteiger partial charge in [-0.2, -0.15) is 0 Å². The molecule has 1 aromatic heterocycles. The number of allylic oxidation sites excluding steroid dienone is 4. The van der Waals surface area contributed by atoms with E-state index in [9.17, 15) is 10.2 Å². The number of rotatable bonds is 8. The molecule has 0 amide bonds. The van der Waals surface area contributed by atoms with Gasteiger partial charge in [-0.15, -0.1) is 11.3 Å². The van der Waals surface area contributed by atoms with E-state index < -0.39 is 12.2 Å². The summed E-state index contributed by atoms with van der Waals surface area (Å²) in [5.74, 6) is 0.0856. The summed E-state index contributed by atoms with van der Waals surface area (Å²) in [7, 11) is 0. The van der Waals surface area contributed by atoms with E-state index in [4.69, 9.17) is 0 Å². The molecule has 2 aliphatic heterocycles. The van der Waals surface area contributed by atoms with Crippen molar-refractivity contribution in [3.8, 4) is 0 Å². The van der Waals surface area contributed by atoms with E-state index in [1.165, 1.54) is 36.8 Å². The number of hydrogen-bond acceptors (Lipinski definition) is 5. The molecule has 4 unspecified atom stereocenters. The quantitative estimate of drug-likeness (QED) is 0.638. The van der Waals surface area contributed by atoms with Gasteiger partial charge in [0, 0.05) is 34.7 Å². The molecule has 2 aliphatic carbocycles. The highest BCUT2D eigenvalue weighted by molar-refractivity contribution is 7.12. The molecular weight excluding hydrogens is 404 g/mol. The Hall–Kier alpha value is -1.50. The van der Waals surface area contributed by atoms with Crippen LogP contribution in [0.3, 0.4) is 0 Å². The Bertz CT molecular complexity index is 816. The van der Waals surface area contributed by atoms with Crippen molar-refractivity contribution < 1.29 is 10.2 Å². The van der Waals surface area contributed by atoms with Gasteiger partial charge in [0.05, 0.1) is 12.2 Å². The molecule has 2 fully saturated rings. The third kappa shape index (κ3) is 4.67. The first-order chi connectivity index (χ1) is 15.2. The zero-order chi connectivity index (χ0) is 21.2. The SMILES string of the molecule is OC(c1ccc(C(O)C2C=CC=C2CN2CCCC2)s1)C1C=CC=C1CN1CCCC1. The molecule has 0 saturated carbocycles. The third-order valence-electron chi connectivity index (χ3n) is 7.23. The highest BCUT2D eigenvalue weighted by Crippen LogP contribution is 2.41. The van der Waals surface area contributed by atoms with E-state index in [0.717, 1.165) is 49.0 Å². The van der Waals surface area contributed by atoms with E-state index in [2.05, 4.69) is 46.3 Å². The monoisotopic (exact) mass is 438 g/mol. The summed E-state index contributed by atoms with van der Waals surface area (Å²) in [6.45, 7) is 6.56. The standard InChI is InChI=1S/C26H34N2O2S/c29-25(21-9-5-7-19(21)17-27-13-1-2-14-27)23-11-12-24(31-23)26(30)22-10-6-8-20(22)18-28-15-3-4-16-28/h5-12,21-22,25-26,29-30H,1-4,13-18H2. The fourth-order valence-electron chi connectivity index (χ4n) is 5.44. The van der Waals surface area contributed by atoms with E-state index in [1.807, 2.05) is 12.1 Å². The van der Waals surface area contributed by atoms with Gasteiger partial charge in [-0.1, -0.05) is 36.5 Å². The molecule has 4 aliphatic rings. The van der Waals surface area contributed by atoms with Gasteiger partial charge in [-0.25, -0.2) is 0 Å². The summed E-state index contributed by atoms with van der Waals surface area (Å²) < 4.78 is 0. The van der Waals surface area contributed by atoms with Crippen LogP contribution in [0.2, 0.25) is 0 Å². The van der Waals surface area contributed by atoms with Gasteiger partial charge in [0.2, 0.25) is 0 Å². The van der Waals surface area contributed by atoms with Gasteiger partial charge >= 0.3 is 0 Å². The van der Waals surface area contributed by atoms with Crippen LogP contribution in [0.25, 0.3) is 0 Å². The van der Waals surface area contributed by atoms with Crippen molar-refractivity contribution in [1.82, 2.24) is 9.80 Å². The molecule has 0 spiro atoms. The molecule has 31 heavy (non-hydrogen) atoms. The minimum atomic E-state index is -0.544. The molecule has 4 nitrogen and oxygen atoms in total. The van der Waals surface area contributed by atoms with Crippen molar-refractivity contribution in [2.24, 2.45) is 11.8 Å². The summed E-state index contributed by atoms with van der Waals surface area (Å²) in [5, 5.41) is 22.3. The first kappa shape index (κ1) is 21.4. The number of aliphatic hydroxyl groups excluding tert-OH is 2. The second-order valence-electron chi connectivity index (χ2n) is 9.40. The fraction of sp³-hybridized carbons (Fsp3) is 0.538. The fourth-order valence-corrected chi connectivity index (χ4v) is 6.52. The maximum Gasteiger partial charge on any atom is 0.0982 e. The third-order valence-corrected chi connectivity index (χ3v) is 8.46. The molecule has 5 rings (SSSR count). The van der Waals surface area contributed by atoms with E-state index >= 15 is 0 Å². The van der Waals surface area contributed by atoms with Gasteiger partial charge < -0.3 is 10.2 Å². The minimum absolute atomic E-state index is 0.0428. The van der Waals surface area contributed by atoms with Crippen LogP contribution in [0, 0.1) is 11.8 Å². The van der Waals surface area contributed by atoms with Crippen LogP contribution >= 0.6 is 11.3 Å². The Morgan fingerprint density at radius 3 is 1.58 bits per heavy atom. The molecule has 5 heteroatoms. The molecule has 4 atom stereocenters. The average Bonchev–Trinajstić information content (AvgIpc) is 3.60. The first-order valence-electron chi connectivity index (χ1n) is 11.8. The minimum Gasteiger partial charge on any atom is -0.387 e. The van der Waals surface area contributed by atoms with Crippen LogP contribution in [0.1, 0.15) is 47.6 Å². The zero-order valence-electron chi connectivity index (χ0n) is 18.2. The first-order valence-corrected chi connectivity index (χ1v) is 12.7. The number of nitrogens with zero attached hydrogens (tertiary/aromatic N) is 2. The Morgan fingerprint density at radius 1 is 0.742 bits per heavy atom. The molecule has 2 N–H and O–H groups in total. The van der Waals surface area contributed by atoms with Crippen molar-refractivity contribution in [2.75, 3.05) is 39.3 Å². The number of hydrogen-bond donors (Lipinski definition) is 2. The lowest BCUT2D eigenvalue weighted by Crippen LogP contribution is -2.25. The summed E-state index contributed by atoms with van der Waals surface area (Å²) >= 11 is 1.56. The van der Waals surface area contributed by atoms with Crippen LogP contribution in [0.15, 0.2) is 59.7 Å². The maximum absolute atomic E-state index is 11.2. The van der Waals surface area contributed by atoms with Crippen molar-refractivity contribution in [1.29, 1.82) is 0 Å². The molecule has 166 valence electrons. The Labute approximate surface area is 189 Å². The predicted molar refractivity (Wildman–Crippen MR) is 127 cm³/mol. The number of aliphatic hydroxyl groups is 2. The van der Waals surface area contributed by atoms with Crippen LogP contribution in [0.4, 0.5) is 0 Å². The highest BCUT2D eigenvalue weighted by Gasteiger charge is 2.31. The Balaban J connectivity index is 1.24. The Kier molecular flexibility index (Phi) is 6.58. The topological polar surface area (TPSA) is 46.9 Å². The maximum atomic E-state index is 11.2. The normalized spacial score (nSPS) is 28.5. The van der Waals surface area contributed by atoms with Crippen LogP contribution in [-0.4, -0.2) is 59.3 Å². The second kappa shape index (κ2) is 9.55. The summed E-state index contributed by atoms with van der Waals surface area (Å²) in [4.78, 5) is 6.88. The van der Waals surface area contributed by atoms with Crippen molar-refractivity contribution in [3.63, 3.8) is 0 Å². The molecule has 0 radical (unpaired) electrons. The summed E-state index contributed by atoms with van der Waals surface area (Å²) in [6.07, 6.45) is 16.8. The largest absolute Gasteiger partial charge is 0.387 e. The average molecular weight is 439 g/mol. The highest BCUT2D eigenvalue weighted by atomic mass is 32.1. The van der Waals surface area contributed by atoms with Gasteiger partial charge in [0.1, 0.15) is 0 Å². The smallest absolute Gasteiger partial charge is 0.0982 e. The van der Waals surface area contributed by atoms with Crippen LogP contribution in [-0.2, 0) is 0 Å². The van der Waals surface area contributed by atoms with Gasteiger partial charge in [0.15, 0.2) is 0 Å². The molecule has 1 aromatic rings. The van der Waals surface area contributed by atoms with Gasteiger partial charge in [-0.05, 0) is 75.1 Å². The van der Waals surface area contributed by atoms with Crippen LogP contribution in [0.5, 0.6) is 0 Å². The summed E-state index contributed by atoms with van der Waals surface area (Å²) in [5.41, 5.74) is 2.61. The number of thiophene rings is 1. The Morgan fingerprint density at radius 2 is 1.16 bits per heavy atom. The van der Waals surface area contributed by atoms with E-state index in [0.29, 0.717) is 0 Å².